The average Bonchev–Trinajstić information content (AvgIpc) is 2.34. The van der Waals surface area contributed by atoms with E-state index in [4.69, 9.17) is 9.05 Å². The molecule has 1 fully saturated rings. The molecule has 0 atom stereocenters. The van der Waals surface area contributed by atoms with Crippen LogP contribution in [0.1, 0.15) is 0 Å². The van der Waals surface area contributed by atoms with Gasteiger partial charge in [-0.15, -0.1) is 0 Å². The Hall–Kier alpha value is 0.170. The molecule has 1 aliphatic heterocycles. The van der Waals surface area contributed by atoms with Crippen molar-refractivity contribution < 1.29 is 22.4 Å². The van der Waals surface area contributed by atoms with Crippen LogP contribution >= 0.6 is 8.60 Å². The molecule has 0 aromatic rings. The molecule has 0 spiro atoms. The molecule has 1 heterocycles. The maximum absolute atomic E-state index is 11.5. The lowest BCUT2D eigenvalue weighted by atomic mass is 10.8. The summed E-state index contributed by atoms with van der Waals surface area (Å²) in [6, 6.07) is 0. The zero-order chi connectivity index (χ0) is 7.40. The van der Waals surface area contributed by atoms with E-state index in [2.05, 4.69) is 4.52 Å². The quantitative estimate of drug-likeness (QED) is 0.604. The summed E-state index contributed by atoms with van der Waals surface area (Å²) in [4.78, 5) is 0. The number of hydrogen-bond acceptors (Lipinski definition) is 3. The second-order valence-corrected chi connectivity index (χ2v) is 2.80. The van der Waals surface area contributed by atoms with Crippen LogP contribution in [0.15, 0.2) is 0 Å². The first-order chi connectivity index (χ1) is 4.79. The summed E-state index contributed by atoms with van der Waals surface area (Å²) in [5.41, 5.74) is 0. The van der Waals surface area contributed by atoms with Gasteiger partial charge in [-0.3, -0.25) is 0 Å². The standard InChI is InChI=1S/C4H7F2O3P/c5-4(6)3-9-10-7-1-2-8-10/h4H,1-3H2. The summed E-state index contributed by atoms with van der Waals surface area (Å²) < 4.78 is 37.0. The predicted octanol–water partition coefficient (Wildman–Crippen LogP) is 1.54. The second kappa shape index (κ2) is 4.13. The Kier molecular flexibility index (Phi) is 3.42. The number of halogens is 2. The Morgan fingerprint density at radius 3 is 2.50 bits per heavy atom. The monoisotopic (exact) mass is 172 g/mol. The number of rotatable bonds is 3. The fraction of sp³-hybridized carbons (Fsp3) is 1.00. The minimum absolute atomic E-state index is 0.439. The smallest absolute Gasteiger partial charge is 0.310 e. The van der Waals surface area contributed by atoms with E-state index in [0.717, 1.165) is 0 Å². The van der Waals surface area contributed by atoms with Crippen molar-refractivity contribution in [2.75, 3.05) is 19.8 Å². The molecule has 0 N–H and O–H groups in total. The first kappa shape index (κ1) is 8.27. The van der Waals surface area contributed by atoms with Crippen molar-refractivity contribution >= 4 is 8.60 Å². The maximum atomic E-state index is 11.5. The zero-order valence-electron chi connectivity index (χ0n) is 5.13. The van der Waals surface area contributed by atoms with Gasteiger partial charge in [0.05, 0.1) is 13.2 Å². The fourth-order valence-electron chi connectivity index (χ4n) is 0.453. The van der Waals surface area contributed by atoms with Crippen LogP contribution in [-0.4, -0.2) is 26.2 Å². The molecule has 0 aromatic carbocycles. The van der Waals surface area contributed by atoms with Crippen LogP contribution in [-0.2, 0) is 13.6 Å². The molecule has 0 aliphatic carbocycles. The third kappa shape index (κ3) is 2.84. The predicted molar refractivity (Wildman–Crippen MR) is 30.8 cm³/mol. The normalized spacial score (nSPS) is 20.7. The molecule has 1 saturated heterocycles. The van der Waals surface area contributed by atoms with Gasteiger partial charge in [-0.25, -0.2) is 8.78 Å². The van der Waals surface area contributed by atoms with Gasteiger partial charge < -0.3 is 13.6 Å². The number of hydrogen-bond donors (Lipinski definition) is 0. The first-order valence-corrected chi connectivity index (χ1v) is 3.85. The van der Waals surface area contributed by atoms with Gasteiger partial charge in [0.25, 0.3) is 6.43 Å². The van der Waals surface area contributed by atoms with Crippen molar-refractivity contribution in [3.05, 3.63) is 0 Å². The largest absolute Gasteiger partial charge is 0.333 e. The van der Waals surface area contributed by atoms with E-state index in [0.29, 0.717) is 13.2 Å². The van der Waals surface area contributed by atoms with E-state index in [1.807, 2.05) is 0 Å². The van der Waals surface area contributed by atoms with Crippen molar-refractivity contribution in [1.82, 2.24) is 0 Å². The summed E-state index contributed by atoms with van der Waals surface area (Å²) in [5, 5.41) is 0. The minimum atomic E-state index is -2.45. The Labute approximate surface area is 58.3 Å². The Morgan fingerprint density at radius 2 is 2.00 bits per heavy atom. The Morgan fingerprint density at radius 1 is 1.40 bits per heavy atom. The fourth-order valence-corrected chi connectivity index (χ4v) is 1.36. The van der Waals surface area contributed by atoms with Gasteiger partial charge in [0.15, 0.2) is 0 Å². The lowest BCUT2D eigenvalue weighted by Crippen LogP contribution is -2.00. The van der Waals surface area contributed by atoms with Crippen molar-refractivity contribution in [2.45, 2.75) is 6.43 Å². The molecule has 0 saturated carbocycles. The second-order valence-electron chi connectivity index (χ2n) is 1.58. The van der Waals surface area contributed by atoms with Crippen LogP contribution in [0.3, 0.4) is 0 Å². The summed E-state index contributed by atoms with van der Waals surface area (Å²) in [6.45, 7) is 0.273. The highest BCUT2D eigenvalue weighted by molar-refractivity contribution is 7.41. The molecule has 0 bridgehead atoms. The molecule has 6 heteroatoms. The van der Waals surface area contributed by atoms with Crippen LogP contribution < -0.4 is 0 Å². The number of alkyl halides is 2. The first-order valence-electron chi connectivity index (χ1n) is 2.76. The van der Waals surface area contributed by atoms with Gasteiger partial charge in [0.2, 0.25) is 0 Å². The molecule has 3 nitrogen and oxygen atoms in total. The SMILES string of the molecule is FC(F)COP1OCCO1. The van der Waals surface area contributed by atoms with Crippen molar-refractivity contribution in [1.29, 1.82) is 0 Å². The Balaban J connectivity index is 2.01. The van der Waals surface area contributed by atoms with Crippen LogP contribution in [0.5, 0.6) is 0 Å². The summed E-state index contributed by atoms with van der Waals surface area (Å²) in [6.07, 6.45) is -2.45. The van der Waals surface area contributed by atoms with E-state index in [1.54, 1.807) is 0 Å². The van der Waals surface area contributed by atoms with Crippen LogP contribution in [0.4, 0.5) is 8.78 Å². The van der Waals surface area contributed by atoms with Gasteiger partial charge in [-0.2, -0.15) is 0 Å². The van der Waals surface area contributed by atoms with Crippen LogP contribution in [0, 0.1) is 0 Å². The molecule has 0 aromatic heterocycles. The van der Waals surface area contributed by atoms with Crippen LogP contribution in [0.25, 0.3) is 0 Å². The minimum Gasteiger partial charge on any atom is -0.310 e. The molecule has 0 unspecified atom stereocenters. The lowest BCUT2D eigenvalue weighted by molar-refractivity contribution is 0.0742. The molecule has 0 amide bonds. The van der Waals surface area contributed by atoms with E-state index in [1.165, 1.54) is 0 Å². The molecule has 0 radical (unpaired) electrons. The molecule has 60 valence electrons. The highest BCUT2D eigenvalue weighted by atomic mass is 31.2. The van der Waals surface area contributed by atoms with Crippen LogP contribution in [0.2, 0.25) is 0 Å². The lowest BCUT2D eigenvalue weighted by Gasteiger charge is -2.05. The third-order valence-electron chi connectivity index (χ3n) is 0.783. The highest BCUT2D eigenvalue weighted by Gasteiger charge is 2.20. The third-order valence-corrected chi connectivity index (χ3v) is 1.93. The van der Waals surface area contributed by atoms with Crippen molar-refractivity contribution in [2.24, 2.45) is 0 Å². The van der Waals surface area contributed by atoms with Crippen molar-refractivity contribution in [3.8, 4) is 0 Å². The molecule has 1 aliphatic rings. The van der Waals surface area contributed by atoms with E-state index < -0.39 is 21.6 Å². The molecular formula is C4H7F2O3P. The Bertz CT molecular complexity index is 96.5. The molecular weight excluding hydrogens is 165 g/mol. The topological polar surface area (TPSA) is 27.7 Å². The van der Waals surface area contributed by atoms with Gasteiger partial charge in [-0.1, -0.05) is 0 Å². The zero-order valence-corrected chi connectivity index (χ0v) is 6.02. The van der Waals surface area contributed by atoms with E-state index >= 15 is 0 Å². The van der Waals surface area contributed by atoms with E-state index in [-0.39, 0.29) is 0 Å². The summed E-state index contributed by atoms with van der Waals surface area (Å²) in [7, 11) is -1.46. The maximum Gasteiger partial charge on any atom is 0.333 e. The van der Waals surface area contributed by atoms with Gasteiger partial charge in [0, 0.05) is 0 Å². The molecule has 10 heavy (non-hydrogen) atoms. The highest BCUT2D eigenvalue weighted by Crippen LogP contribution is 2.43. The van der Waals surface area contributed by atoms with Gasteiger partial charge in [-0.05, 0) is 0 Å². The van der Waals surface area contributed by atoms with E-state index in [9.17, 15) is 8.78 Å². The van der Waals surface area contributed by atoms with Gasteiger partial charge >= 0.3 is 8.60 Å². The van der Waals surface area contributed by atoms with Crippen molar-refractivity contribution in [3.63, 3.8) is 0 Å². The average molecular weight is 172 g/mol. The summed E-state index contributed by atoms with van der Waals surface area (Å²) in [5.74, 6) is 0. The summed E-state index contributed by atoms with van der Waals surface area (Å²) >= 11 is 0. The van der Waals surface area contributed by atoms with Gasteiger partial charge in [0.1, 0.15) is 6.61 Å². The molecule has 1 rings (SSSR count).